The van der Waals surface area contributed by atoms with Crippen molar-refractivity contribution < 1.29 is 18.9 Å². The SMILES string of the molecule is Cc1nonc1CC(=O)N[C@@H]1COCC[C@H]1Oc1ccccn1. The number of nitrogens with zero attached hydrogens (tertiary/aromatic N) is 3. The van der Waals surface area contributed by atoms with Crippen molar-refractivity contribution in [1.29, 1.82) is 0 Å². The topological polar surface area (TPSA) is 99.4 Å². The zero-order chi connectivity index (χ0) is 16.1. The molecule has 2 atom stereocenters. The van der Waals surface area contributed by atoms with Crippen LogP contribution in [0.1, 0.15) is 17.8 Å². The number of aromatic nitrogens is 3. The van der Waals surface area contributed by atoms with E-state index in [0.29, 0.717) is 36.9 Å². The Morgan fingerprint density at radius 1 is 1.43 bits per heavy atom. The van der Waals surface area contributed by atoms with Gasteiger partial charge < -0.3 is 14.8 Å². The second-order valence-corrected chi connectivity index (χ2v) is 5.33. The first-order chi connectivity index (χ1) is 11.2. The highest BCUT2D eigenvalue weighted by atomic mass is 16.6. The van der Waals surface area contributed by atoms with Crippen LogP contribution in [0.4, 0.5) is 0 Å². The highest BCUT2D eigenvalue weighted by molar-refractivity contribution is 5.78. The minimum atomic E-state index is -0.238. The van der Waals surface area contributed by atoms with Crippen LogP contribution in [0.3, 0.4) is 0 Å². The van der Waals surface area contributed by atoms with Gasteiger partial charge in [0.2, 0.25) is 11.8 Å². The second kappa shape index (κ2) is 7.19. The van der Waals surface area contributed by atoms with Crippen LogP contribution in [-0.2, 0) is 16.0 Å². The van der Waals surface area contributed by atoms with E-state index >= 15 is 0 Å². The van der Waals surface area contributed by atoms with Gasteiger partial charge in [0.1, 0.15) is 17.5 Å². The van der Waals surface area contributed by atoms with Gasteiger partial charge in [0.25, 0.3) is 0 Å². The van der Waals surface area contributed by atoms with Gasteiger partial charge in [-0.3, -0.25) is 4.79 Å². The van der Waals surface area contributed by atoms with Gasteiger partial charge >= 0.3 is 0 Å². The predicted molar refractivity (Wildman–Crippen MR) is 78.8 cm³/mol. The molecule has 1 aliphatic heterocycles. The number of carbonyl (C=O) groups excluding carboxylic acids is 1. The molecule has 23 heavy (non-hydrogen) atoms. The smallest absolute Gasteiger partial charge is 0.226 e. The normalized spacial score (nSPS) is 20.9. The number of aryl methyl sites for hydroxylation is 1. The van der Waals surface area contributed by atoms with Gasteiger partial charge in [0.05, 0.1) is 25.7 Å². The number of amides is 1. The molecule has 0 aliphatic carbocycles. The summed E-state index contributed by atoms with van der Waals surface area (Å²) < 4.78 is 15.9. The average Bonchev–Trinajstić information content (AvgIpc) is 2.95. The van der Waals surface area contributed by atoms with Crippen LogP contribution in [0.25, 0.3) is 0 Å². The summed E-state index contributed by atoms with van der Waals surface area (Å²) in [5, 5.41) is 10.3. The Balaban J connectivity index is 1.60. The lowest BCUT2D eigenvalue weighted by Gasteiger charge is -2.32. The van der Waals surface area contributed by atoms with Crippen LogP contribution in [0, 0.1) is 6.92 Å². The van der Waals surface area contributed by atoms with E-state index in [1.165, 1.54) is 0 Å². The van der Waals surface area contributed by atoms with E-state index < -0.39 is 0 Å². The number of carbonyl (C=O) groups is 1. The fourth-order valence-corrected chi connectivity index (χ4v) is 2.39. The van der Waals surface area contributed by atoms with Gasteiger partial charge in [0, 0.05) is 18.7 Å². The minimum Gasteiger partial charge on any atom is -0.472 e. The van der Waals surface area contributed by atoms with Gasteiger partial charge in [-0.1, -0.05) is 16.4 Å². The van der Waals surface area contributed by atoms with Gasteiger partial charge in [-0.05, 0) is 13.0 Å². The molecule has 2 aromatic rings. The fraction of sp³-hybridized carbons (Fsp3) is 0.467. The molecule has 1 aliphatic rings. The Morgan fingerprint density at radius 3 is 3.09 bits per heavy atom. The van der Waals surface area contributed by atoms with Gasteiger partial charge in [-0.25, -0.2) is 9.61 Å². The third-order valence-electron chi connectivity index (χ3n) is 3.62. The molecule has 1 amide bonds. The Hall–Kier alpha value is -2.48. The lowest BCUT2D eigenvalue weighted by Crippen LogP contribution is -2.52. The molecular formula is C15H18N4O4. The van der Waals surface area contributed by atoms with Crippen LogP contribution < -0.4 is 10.1 Å². The van der Waals surface area contributed by atoms with E-state index in [1.807, 2.05) is 12.1 Å². The minimum absolute atomic E-state index is 0.113. The Bertz CT molecular complexity index is 646. The maximum Gasteiger partial charge on any atom is 0.226 e. The van der Waals surface area contributed by atoms with Crippen LogP contribution in [-0.4, -0.2) is 46.6 Å². The number of rotatable bonds is 5. The molecule has 1 saturated heterocycles. The number of ether oxygens (including phenoxy) is 2. The summed E-state index contributed by atoms with van der Waals surface area (Å²) >= 11 is 0. The number of nitrogens with one attached hydrogen (secondary N) is 1. The first kappa shape index (κ1) is 15.4. The number of hydrogen-bond acceptors (Lipinski definition) is 7. The van der Waals surface area contributed by atoms with Crippen molar-refractivity contribution in [3.05, 3.63) is 35.8 Å². The molecule has 0 unspecified atom stereocenters. The third-order valence-corrected chi connectivity index (χ3v) is 3.62. The van der Waals surface area contributed by atoms with E-state index in [0.717, 1.165) is 0 Å². The monoisotopic (exact) mass is 318 g/mol. The summed E-state index contributed by atoms with van der Waals surface area (Å²) in [5.41, 5.74) is 1.14. The molecule has 1 fully saturated rings. The number of pyridine rings is 1. The van der Waals surface area contributed by atoms with E-state index in [1.54, 1.807) is 19.2 Å². The molecule has 122 valence electrons. The van der Waals surface area contributed by atoms with Crippen molar-refractivity contribution in [2.45, 2.75) is 31.9 Å². The van der Waals surface area contributed by atoms with Crippen LogP contribution >= 0.6 is 0 Å². The molecule has 8 nitrogen and oxygen atoms in total. The zero-order valence-electron chi connectivity index (χ0n) is 12.8. The summed E-state index contributed by atoms with van der Waals surface area (Å²) in [6.07, 6.45) is 2.29. The summed E-state index contributed by atoms with van der Waals surface area (Å²) in [5.74, 6) is 0.365. The van der Waals surface area contributed by atoms with Gasteiger partial charge in [-0.15, -0.1) is 0 Å². The van der Waals surface area contributed by atoms with Crippen LogP contribution in [0.2, 0.25) is 0 Å². The Kier molecular flexibility index (Phi) is 4.82. The second-order valence-electron chi connectivity index (χ2n) is 5.33. The predicted octanol–water partition coefficient (Wildman–Crippen LogP) is 0.668. The van der Waals surface area contributed by atoms with Crippen molar-refractivity contribution in [2.75, 3.05) is 13.2 Å². The molecule has 0 bridgehead atoms. The molecule has 2 aromatic heterocycles. The Morgan fingerprint density at radius 2 is 2.35 bits per heavy atom. The largest absolute Gasteiger partial charge is 0.472 e. The fourth-order valence-electron chi connectivity index (χ4n) is 2.39. The average molecular weight is 318 g/mol. The van der Waals surface area contributed by atoms with E-state index in [-0.39, 0.29) is 24.5 Å². The number of hydrogen-bond donors (Lipinski definition) is 1. The molecule has 1 N–H and O–H groups in total. The summed E-state index contributed by atoms with van der Waals surface area (Å²) in [6, 6.07) is 5.23. The van der Waals surface area contributed by atoms with Crippen molar-refractivity contribution >= 4 is 5.91 Å². The maximum absolute atomic E-state index is 12.2. The summed E-state index contributed by atoms with van der Waals surface area (Å²) in [4.78, 5) is 16.3. The van der Waals surface area contributed by atoms with E-state index in [9.17, 15) is 4.79 Å². The van der Waals surface area contributed by atoms with Crippen molar-refractivity contribution in [3.8, 4) is 5.88 Å². The molecule has 0 spiro atoms. The quantitative estimate of drug-likeness (QED) is 0.864. The van der Waals surface area contributed by atoms with Crippen molar-refractivity contribution in [3.63, 3.8) is 0 Å². The Labute approximate surface area is 133 Å². The van der Waals surface area contributed by atoms with Gasteiger partial charge in [-0.2, -0.15) is 0 Å². The summed E-state index contributed by atoms with van der Waals surface area (Å²) in [7, 11) is 0. The van der Waals surface area contributed by atoms with E-state index in [4.69, 9.17) is 9.47 Å². The standard InChI is InChI=1S/C15H18N4O4/c1-10-11(19-23-18-10)8-14(20)17-12-9-21-7-5-13(12)22-15-4-2-3-6-16-15/h2-4,6,12-13H,5,7-9H2,1H3,(H,17,20)/t12-,13-/m1/s1. The van der Waals surface area contributed by atoms with Crippen LogP contribution in [0.5, 0.6) is 5.88 Å². The summed E-state index contributed by atoms with van der Waals surface area (Å²) in [6.45, 7) is 2.74. The highest BCUT2D eigenvalue weighted by Gasteiger charge is 2.29. The van der Waals surface area contributed by atoms with E-state index in [2.05, 4.69) is 25.2 Å². The first-order valence-electron chi connectivity index (χ1n) is 7.45. The molecule has 0 saturated carbocycles. The third kappa shape index (κ3) is 4.04. The molecule has 8 heteroatoms. The molecule has 3 heterocycles. The van der Waals surface area contributed by atoms with Crippen molar-refractivity contribution in [2.24, 2.45) is 0 Å². The van der Waals surface area contributed by atoms with Crippen LogP contribution in [0.15, 0.2) is 29.0 Å². The highest BCUT2D eigenvalue weighted by Crippen LogP contribution is 2.16. The molecular weight excluding hydrogens is 300 g/mol. The van der Waals surface area contributed by atoms with Gasteiger partial charge in [0.15, 0.2) is 0 Å². The first-order valence-corrected chi connectivity index (χ1v) is 7.45. The lowest BCUT2D eigenvalue weighted by molar-refractivity contribution is -0.123. The molecule has 3 rings (SSSR count). The zero-order valence-corrected chi connectivity index (χ0v) is 12.8. The molecule has 0 radical (unpaired) electrons. The lowest BCUT2D eigenvalue weighted by atomic mass is 10.1. The molecule has 0 aromatic carbocycles. The van der Waals surface area contributed by atoms with Crippen molar-refractivity contribution in [1.82, 2.24) is 20.6 Å². The maximum atomic E-state index is 12.2.